The van der Waals surface area contributed by atoms with Crippen molar-refractivity contribution in [2.24, 2.45) is 0 Å². The smallest absolute Gasteiger partial charge is 0.266 e. The molecule has 1 aliphatic rings. The number of hydrogen-bond donors (Lipinski definition) is 0. The van der Waals surface area contributed by atoms with Gasteiger partial charge in [-0.2, -0.15) is 0 Å². The summed E-state index contributed by atoms with van der Waals surface area (Å²) in [5, 5.41) is 1.38. The minimum absolute atomic E-state index is 0.0188. The number of aromatic nitrogens is 2. The van der Waals surface area contributed by atoms with Crippen LogP contribution in [0.25, 0.3) is 16.6 Å². The first kappa shape index (κ1) is 16.4. The van der Waals surface area contributed by atoms with Crippen molar-refractivity contribution in [3.8, 4) is 5.69 Å². The van der Waals surface area contributed by atoms with Gasteiger partial charge in [0.05, 0.1) is 22.7 Å². The minimum Gasteiger partial charge on any atom is -0.377 e. The third-order valence-corrected chi connectivity index (χ3v) is 5.59. The van der Waals surface area contributed by atoms with Gasteiger partial charge in [0, 0.05) is 12.4 Å². The van der Waals surface area contributed by atoms with Crippen molar-refractivity contribution in [3.05, 3.63) is 64.4 Å². The molecule has 1 fully saturated rings. The van der Waals surface area contributed by atoms with E-state index in [1.807, 2.05) is 55.5 Å². The van der Waals surface area contributed by atoms with E-state index in [0.29, 0.717) is 5.39 Å². The molecule has 0 unspecified atom stereocenters. The van der Waals surface area contributed by atoms with Crippen molar-refractivity contribution in [1.29, 1.82) is 0 Å². The number of thioether (sulfide) groups is 1. The minimum atomic E-state index is -0.0188. The Hall–Kier alpha value is -2.11. The van der Waals surface area contributed by atoms with Gasteiger partial charge in [-0.1, -0.05) is 42.1 Å². The normalized spacial score (nSPS) is 17.2. The topological polar surface area (TPSA) is 44.1 Å². The van der Waals surface area contributed by atoms with Crippen molar-refractivity contribution >= 4 is 22.7 Å². The lowest BCUT2D eigenvalue weighted by atomic mass is 10.2. The van der Waals surface area contributed by atoms with E-state index in [2.05, 4.69) is 0 Å². The van der Waals surface area contributed by atoms with E-state index in [4.69, 9.17) is 9.72 Å². The summed E-state index contributed by atoms with van der Waals surface area (Å²) >= 11 is 1.60. The number of para-hydroxylation sites is 2. The van der Waals surface area contributed by atoms with Gasteiger partial charge in [-0.15, -0.1) is 0 Å². The molecule has 128 valence electrons. The van der Waals surface area contributed by atoms with Gasteiger partial charge in [0.1, 0.15) is 0 Å². The molecule has 0 spiro atoms. The van der Waals surface area contributed by atoms with Crippen molar-refractivity contribution in [2.45, 2.75) is 31.0 Å². The Morgan fingerprint density at radius 3 is 2.80 bits per heavy atom. The molecule has 4 nitrogen and oxygen atoms in total. The molecule has 0 bridgehead atoms. The molecule has 5 heteroatoms. The number of nitrogens with zero attached hydrogens (tertiary/aromatic N) is 2. The van der Waals surface area contributed by atoms with Crippen LogP contribution in [0.5, 0.6) is 0 Å². The molecule has 0 N–H and O–H groups in total. The molecule has 1 aliphatic heterocycles. The fraction of sp³-hybridized carbons (Fsp3) is 0.300. The summed E-state index contributed by atoms with van der Waals surface area (Å²) in [7, 11) is 0. The lowest BCUT2D eigenvalue weighted by molar-refractivity contribution is 0.129. The van der Waals surface area contributed by atoms with Gasteiger partial charge in [0.25, 0.3) is 5.56 Å². The highest BCUT2D eigenvalue weighted by molar-refractivity contribution is 7.99. The van der Waals surface area contributed by atoms with Crippen LogP contribution in [-0.2, 0) is 4.74 Å². The molecule has 1 saturated heterocycles. The second kappa shape index (κ2) is 7.02. The maximum absolute atomic E-state index is 13.2. The highest BCUT2D eigenvalue weighted by Gasteiger charge is 2.19. The second-order valence-corrected chi connectivity index (χ2v) is 7.27. The van der Waals surface area contributed by atoms with Crippen molar-refractivity contribution < 1.29 is 4.74 Å². The number of ether oxygens (including phenoxy) is 1. The Balaban J connectivity index is 1.85. The summed E-state index contributed by atoms with van der Waals surface area (Å²) in [6, 6.07) is 15.5. The Bertz CT molecular complexity index is 961. The molecular formula is C20H20N2O2S. The first-order valence-corrected chi connectivity index (χ1v) is 9.55. The standard InChI is InChI=1S/C20H20N2O2S/c1-14-7-2-5-11-18(14)22-19(23)16-9-3-4-10-17(16)21-20(22)25-13-15-8-6-12-24-15/h2-5,7,9-11,15H,6,8,12-13H2,1H3/t15-/m1/s1. The van der Waals surface area contributed by atoms with E-state index in [-0.39, 0.29) is 11.7 Å². The molecule has 0 radical (unpaired) electrons. The van der Waals surface area contributed by atoms with E-state index < -0.39 is 0 Å². The van der Waals surface area contributed by atoms with Gasteiger partial charge >= 0.3 is 0 Å². The van der Waals surface area contributed by atoms with Crippen molar-refractivity contribution in [1.82, 2.24) is 9.55 Å². The van der Waals surface area contributed by atoms with Crippen LogP contribution in [0.1, 0.15) is 18.4 Å². The second-order valence-electron chi connectivity index (χ2n) is 6.28. The fourth-order valence-electron chi connectivity index (χ4n) is 3.18. The highest BCUT2D eigenvalue weighted by atomic mass is 32.2. The molecule has 25 heavy (non-hydrogen) atoms. The fourth-order valence-corrected chi connectivity index (χ4v) is 4.25. The third kappa shape index (κ3) is 3.22. The maximum Gasteiger partial charge on any atom is 0.266 e. The van der Waals surface area contributed by atoms with Crippen LogP contribution in [-0.4, -0.2) is 28.0 Å². The Morgan fingerprint density at radius 1 is 1.20 bits per heavy atom. The van der Waals surface area contributed by atoms with Crippen LogP contribution in [0.4, 0.5) is 0 Å². The number of fused-ring (bicyclic) bond motifs is 1. The molecule has 3 aromatic rings. The lowest BCUT2D eigenvalue weighted by Gasteiger charge is -2.16. The predicted octanol–water partition coefficient (Wildman–Crippen LogP) is 3.97. The molecular weight excluding hydrogens is 332 g/mol. The van der Waals surface area contributed by atoms with Gasteiger partial charge in [-0.3, -0.25) is 9.36 Å². The first-order valence-electron chi connectivity index (χ1n) is 8.56. The van der Waals surface area contributed by atoms with Gasteiger partial charge in [-0.25, -0.2) is 4.98 Å². The Labute approximate surface area is 150 Å². The molecule has 1 aromatic heterocycles. The first-order chi connectivity index (χ1) is 12.2. The SMILES string of the molecule is Cc1ccccc1-n1c(SC[C@H]2CCCO2)nc2ccccc2c1=O. The molecule has 0 amide bonds. The van der Waals surface area contributed by atoms with Crippen LogP contribution in [0.2, 0.25) is 0 Å². The third-order valence-electron chi connectivity index (χ3n) is 4.52. The molecule has 0 aliphatic carbocycles. The van der Waals surface area contributed by atoms with Crippen molar-refractivity contribution in [3.63, 3.8) is 0 Å². The van der Waals surface area contributed by atoms with E-state index >= 15 is 0 Å². The zero-order valence-corrected chi connectivity index (χ0v) is 15.0. The zero-order chi connectivity index (χ0) is 17.2. The number of aryl methyl sites for hydroxylation is 1. The van der Waals surface area contributed by atoms with Gasteiger partial charge in [-0.05, 0) is 43.5 Å². The maximum atomic E-state index is 13.2. The summed E-state index contributed by atoms with van der Waals surface area (Å²) < 4.78 is 7.47. The average molecular weight is 352 g/mol. The largest absolute Gasteiger partial charge is 0.377 e. The molecule has 1 atom stereocenters. The predicted molar refractivity (Wildman–Crippen MR) is 102 cm³/mol. The van der Waals surface area contributed by atoms with Gasteiger partial charge < -0.3 is 4.74 Å². The summed E-state index contributed by atoms with van der Waals surface area (Å²) in [5.41, 5.74) is 2.67. The number of hydrogen-bond acceptors (Lipinski definition) is 4. The van der Waals surface area contributed by atoms with Crippen LogP contribution in [0, 0.1) is 6.92 Å². The summed E-state index contributed by atoms with van der Waals surface area (Å²) in [4.78, 5) is 18.0. The molecule has 4 rings (SSSR count). The molecule has 2 heterocycles. The number of benzene rings is 2. The average Bonchev–Trinajstić information content (AvgIpc) is 3.15. The van der Waals surface area contributed by atoms with Crippen LogP contribution in [0.15, 0.2) is 58.5 Å². The van der Waals surface area contributed by atoms with Crippen LogP contribution in [0.3, 0.4) is 0 Å². The van der Waals surface area contributed by atoms with Crippen LogP contribution >= 0.6 is 11.8 Å². The summed E-state index contributed by atoms with van der Waals surface area (Å²) in [6.45, 7) is 2.85. The van der Waals surface area contributed by atoms with E-state index in [1.54, 1.807) is 16.3 Å². The number of rotatable bonds is 4. The Morgan fingerprint density at radius 2 is 2.00 bits per heavy atom. The van der Waals surface area contributed by atoms with Crippen LogP contribution < -0.4 is 5.56 Å². The monoisotopic (exact) mass is 352 g/mol. The van der Waals surface area contributed by atoms with Crippen molar-refractivity contribution in [2.75, 3.05) is 12.4 Å². The Kier molecular flexibility index (Phi) is 4.59. The van der Waals surface area contributed by atoms with E-state index in [0.717, 1.165) is 47.1 Å². The summed E-state index contributed by atoms with van der Waals surface area (Å²) in [6.07, 6.45) is 2.44. The highest BCUT2D eigenvalue weighted by Crippen LogP contribution is 2.26. The lowest BCUT2D eigenvalue weighted by Crippen LogP contribution is -2.23. The van der Waals surface area contributed by atoms with E-state index in [9.17, 15) is 4.79 Å². The van der Waals surface area contributed by atoms with Gasteiger partial charge in [0.15, 0.2) is 5.16 Å². The summed E-state index contributed by atoms with van der Waals surface area (Å²) in [5.74, 6) is 0.816. The molecule has 2 aromatic carbocycles. The molecule has 0 saturated carbocycles. The van der Waals surface area contributed by atoms with E-state index in [1.165, 1.54) is 0 Å². The zero-order valence-electron chi connectivity index (χ0n) is 14.1. The quantitative estimate of drug-likeness (QED) is 0.526. The van der Waals surface area contributed by atoms with Gasteiger partial charge in [0.2, 0.25) is 0 Å².